The molecule has 5 heteroatoms. The van der Waals surface area contributed by atoms with Gasteiger partial charge in [-0.2, -0.15) is 0 Å². The SMILES string of the molecule is CO[PH](=O)[O-].[Y]. The third-order valence-electron chi connectivity index (χ3n) is 0.167. The van der Waals surface area contributed by atoms with E-state index in [4.69, 9.17) is 0 Å². The zero-order valence-electron chi connectivity index (χ0n) is 3.30. The molecule has 0 bridgehead atoms. The summed E-state index contributed by atoms with van der Waals surface area (Å²) in [5, 5.41) is 0. The van der Waals surface area contributed by atoms with E-state index in [1.807, 2.05) is 0 Å². The number of rotatable bonds is 1. The van der Waals surface area contributed by atoms with Crippen molar-refractivity contribution >= 4 is 8.25 Å². The van der Waals surface area contributed by atoms with E-state index >= 15 is 0 Å². The molecule has 0 heterocycles. The Hall–Kier alpha value is 1.25. The van der Waals surface area contributed by atoms with E-state index in [2.05, 4.69) is 4.52 Å². The normalized spacial score (nSPS) is 12.3. The summed E-state index contributed by atoms with van der Waals surface area (Å²) < 4.78 is 13.0. The molecule has 1 radical (unpaired) electrons. The molecule has 35 valence electrons. The summed E-state index contributed by atoms with van der Waals surface area (Å²) in [6, 6.07) is 0. The summed E-state index contributed by atoms with van der Waals surface area (Å²) in [4.78, 5) is 9.22. The van der Waals surface area contributed by atoms with E-state index in [1.165, 1.54) is 0 Å². The summed E-state index contributed by atoms with van der Waals surface area (Å²) in [6.07, 6.45) is 0. The summed E-state index contributed by atoms with van der Waals surface area (Å²) in [5.41, 5.74) is 0. The Bertz CT molecular complexity index is 46.1. The van der Waals surface area contributed by atoms with Gasteiger partial charge in [0.1, 0.15) is 8.25 Å². The zero-order valence-corrected chi connectivity index (χ0v) is 7.14. The van der Waals surface area contributed by atoms with E-state index in [9.17, 15) is 9.46 Å². The molecule has 0 aromatic heterocycles. The van der Waals surface area contributed by atoms with Gasteiger partial charge in [-0.05, 0) is 0 Å². The van der Waals surface area contributed by atoms with Crippen LogP contribution in [0.5, 0.6) is 0 Å². The van der Waals surface area contributed by atoms with Gasteiger partial charge >= 0.3 is 0 Å². The third-order valence-corrected chi connectivity index (χ3v) is 0.500. The summed E-state index contributed by atoms with van der Waals surface area (Å²) in [6.45, 7) is 0. The maximum atomic E-state index is 9.22. The molecular weight excluding hydrogens is 180 g/mol. The van der Waals surface area contributed by atoms with Crippen molar-refractivity contribution in [3.63, 3.8) is 0 Å². The minimum atomic E-state index is -2.87. The minimum Gasteiger partial charge on any atom is -0.781 e. The van der Waals surface area contributed by atoms with Gasteiger partial charge in [-0.1, -0.05) is 0 Å². The van der Waals surface area contributed by atoms with Gasteiger partial charge in [-0.25, -0.2) is 0 Å². The molecule has 0 saturated heterocycles. The molecule has 0 aromatic carbocycles. The summed E-state index contributed by atoms with van der Waals surface area (Å²) >= 11 is 0. The van der Waals surface area contributed by atoms with Crippen LogP contribution in [0.4, 0.5) is 0 Å². The molecule has 0 amide bonds. The molecule has 0 aliphatic heterocycles. The average Bonchev–Trinajstić information content (AvgIpc) is 1.38. The summed E-state index contributed by atoms with van der Waals surface area (Å²) in [5.74, 6) is 0. The first kappa shape index (κ1) is 10.3. The molecule has 0 aliphatic rings. The van der Waals surface area contributed by atoms with E-state index in [0.29, 0.717) is 0 Å². The van der Waals surface area contributed by atoms with Crippen LogP contribution in [-0.4, -0.2) is 7.11 Å². The Morgan fingerprint density at radius 3 is 2.00 bits per heavy atom. The quantitative estimate of drug-likeness (QED) is 0.510. The Kier molecular flexibility index (Phi) is 10.7. The molecule has 0 rings (SSSR count). The maximum Gasteiger partial charge on any atom is 0.121 e. The van der Waals surface area contributed by atoms with E-state index in [-0.39, 0.29) is 32.7 Å². The van der Waals surface area contributed by atoms with Crippen LogP contribution in [0.1, 0.15) is 0 Å². The average molecular weight is 184 g/mol. The molecule has 6 heavy (non-hydrogen) atoms. The maximum absolute atomic E-state index is 9.22. The molecule has 0 aliphatic carbocycles. The van der Waals surface area contributed by atoms with Crippen molar-refractivity contribution in [3.8, 4) is 0 Å². The Labute approximate surface area is 61.9 Å². The Morgan fingerprint density at radius 2 is 2.00 bits per heavy atom. The van der Waals surface area contributed by atoms with Crippen molar-refractivity contribution in [3.05, 3.63) is 0 Å². The Morgan fingerprint density at radius 1 is 1.83 bits per heavy atom. The first-order valence-electron chi connectivity index (χ1n) is 1.02. The van der Waals surface area contributed by atoms with Gasteiger partial charge in [0, 0.05) is 39.8 Å². The fourth-order valence-corrected chi connectivity index (χ4v) is 0. The van der Waals surface area contributed by atoms with Gasteiger partial charge in [0.2, 0.25) is 0 Å². The molecule has 0 fully saturated rings. The van der Waals surface area contributed by atoms with Gasteiger partial charge < -0.3 is 14.0 Å². The standard InChI is InChI=1S/CH5O3P.Y/c1-4-5(2)3;/h5H,1H3,(H,2,3);/p-1. The van der Waals surface area contributed by atoms with Crippen molar-refractivity contribution in [1.82, 2.24) is 0 Å². The summed E-state index contributed by atoms with van der Waals surface area (Å²) in [7, 11) is -1.75. The van der Waals surface area contributed by atoms with Gasteiger partial charge in [-0.15, -0.1) is 0 Å². The first-order valence-corrected chi connectivity index (χ1v) is 2.25. The molecular formula is CH4O3PY-. The van der Waals surface area contributed by atoms with Crippen LogP contribution in [0, 0.1) is 0 Å². The number of hydrogen-bond acceptors (Lipinski definition) is 3. The van der Waals surface area contributed by atoms with Crippen molar-refractivity contribution in [2.75, 3.05) is 7.11 Å². The molecule has 3 nitrogen and oxygen atoms in total. The van der Waals surface area contributed by atoms with Crippen LogP contribution in [0.2, 0.25) is 0 Å². The molecule has 0 saturated carbocycles. The fraction of sp³-hybridized carbons (Fsp3) is 1.00. The van der Waals surface area contributed by atoms with E-state index < -0.39 is 8.25 Å². The van der Waals surface area contributed by atoms with Crippen LogP contribution >= 0.6 is 8.25 Å². The molecule has 1 atom stereocenters. The van der Waals surface area contributed by atoms with E-state index in [0.717, 1.165) is 7.11 Å². The molecule has 0 spiro atoms. The van der Waals surface area contributed by atoms with Gasteiger partial charge in [0.05, 0.1) is 0 Å². The number of hydrogen-bond donors (Lipinski definition) is 0. The molecule has 0 N–H and O–H groups in total. The van der Waals surface area contributed by atoms with Crippen molar-refractivity contribution in [2.45, 2.75) is 0 Å². The second kappa shape index (κ2) is 6.25. The van der Waals surface area contributed by atoms with Crippen molar-refractivity contribution in [1.29, 1.82) is 0 Å². The van der Waals surface area contributed by atoms with Crippen LogP contribution in [0.15, 0.2) is 0 Å². The zero-order chi connectivity index (χ0) is 4.28. The smallest absolute Gasteiger partial charge is 0.121 e. The van der Waals surface area contributed by atoms with Crippen LogP contribution < -0.4 is 4.89 Å². The second-order valence-electron chi connectivity index (χ2n) is 0.454. The predicted molar refractivity (Wildman–Crippen MR) is 16.0 cm³/mol. The van der Waals surface area contributed by atoms with Crippen molar-refractivity contribution < 1.29 is 46.7 Å². The minimum absolute atomic E-state index is 0. The van der Waals surface area contributed by atoms with Gasteiger partial charge in [-0.3, -0.25) is 0 Å². The molecule has 1 unspecified atom stereocenters. The van der Waals surface area contributed by atoms with Crippen LogP contribution in [0.3, 0.4) is 0 Å². The Balaban J connectivity index is 0. The monoisotopic (exact) mass is 184 g/mol. The largest absolute Gasteiger partial charge is 0.781 e. The van der Waals surface area contributed by atoms with E-state index in [1.54, 1.807) is 0 Å². The van der Waals surface area contributed by atoms with Crippen LogP contribution in [-0.2, 0) is 41.8 Å². The van der Waals surface area contributed by atoms with Gasteiger partial charge in [0.25, 0.3) is 0 Å². The fourth-order valence-electron chi connectivity index (χ4n) is 0. The third kappa shape index (κ3) is 8.98. The van der Waals surface area contributed by atoms with Gasteiger partial charge in [0.15, 0.2) is 0 Å². The van der Waals surface area contributed by atoms with Crippen molar-refractivity contribution in [2.24, 2.45) is 0 Å². The van der Waals surface area contributed by atoms with Crippen LogP contribution in [0.25, 0.3) is 0 Å². The topological polar surface area (TPSA) is 49.4 Å². The first-order chi connectivity index (χ1) is 2.27. The molecule has 0 aromatic rings. The second-order valence-corrected chi connectivity index (χ2v) is 1.36. The predicted octanol–water partition coefficient (Wildman–Crippen LogP) is -0.620.